The highest BCUT2D eigenvalue weighted by molar-refractivity contribution is 6.30. The third kappa shape index (κ3) is 5.11. The van der Waals surface area contributed by atoms with Gasteiger partial charge in [-0.2, -0.15) is 5.10 Å². The maximum atomic E-state index is 13.8. The molecule has 1 aliphatic rings. The molecular weight excluding hydrogens is 530 g/mol. The lowest BCUT2D eigenvalue weighted by Gasteiger charge is -2.31. The number of para-hydroxylation sites is 1. The summed E-state index contributed by atoms with van der Waals surface area (Å²) >= 11 is 6.03. The van der Waals surface area contributed by atoms with E-state index >= 15 is 0 Å². The van der Waals surface area contributed by atoms with Gasteiger partial charge in [0.1, 0.15) is 17.4 Å². The lowest BCUT2D eigenvalue weighted by atomic mass is 9.93. The molecule has 40 heavy (non-hydrogen) atoms. The van der Waals surface area contributed by atoms with Crippen molar-refractivity contribution in [2.75, 3.05) is 30.2 Å². The molecule has 0 radical (unpaired) electrons. The molecule has 10 heteroatoms. The molecule has 0 spiro atoms. The smallest absolute Gasteiger partial charge is 0.261 e. The summed E-state index contributed by atoms with van der Waals surface area (Å²) in [5.41, 5.74) is 4.23. The van der Waals surface area contributed by atoms with Gasteiger partial charge in [-0.25, -0.2) is 4.68 Å². The third-order valence-electron chi connectivity index (χ3n) is 6.65. The number of allylic oxidation sites excluding steroid dienone is 1. The Bertz CT molecular complexity index is 1610. The molecule has 1 atom stereocenters. The average molecular weight is 558 g/mol. The minimum Gasteiger partial charge on any atom is -0.493 e. The molecule has 0 aliphatic carbocycles. The predicted molar refractivity (Wildman–Crippen MR) is 155 cm³/mol. The summed E-state index contributed by atoms with van der Waals surface area (Å²) in [6, 6.07) is 19.1. The van der Waals surface area contributed by atoms with Gasteiger partial charge in [-0.05, 0) is 56.3 Å². The van der Waals surface area contributed by atoms with Crippen molar-refractivity contribution in [1.82, 2.24) is 9.78 Å². The van der Waals surface area contributed by atoms with E-state index in [1.165, 1.54) is 13.3 Å². The first kappa shape index (κ1) is 26.8. The number of aromatic nitrogens is 2. The number of carbonyl (C=O) groups is 2. The second-order valence-corrected chi connectivity index (χ2v) is 9.72. The van der Waals surface area contributed by atoms with E-state index in [9.17, 15) is 9.59 Å². The quantitative estimate of drug-likeness (QED) is 0.256. The van der Waals surface area contributed by atoms with Gasteiger partial charge < -0.3 is 25.4 Å². The number of nitrogens with one attached hydrogen (secondary N) is 3. The van der Waals surface area contributed by atoms with E-state index in [0.717, 1.165) is 5.56 Å². The summed E-state index contributed by atoms with van der Waals surface area (Å²) in [5.74, 6) is 0.707. The Hall–Kier alpha value is -4.76. The van der Waals surface area contributed by atoms with Crippen LogP contribution in [0.25, 0.3) is 0 Å². The number of methoxy groups -OCH3 is 2. The molecule has 0 fully saturated rings. The number of hydrogen-bond acceptors (Lipinski definition) is 6. The molecule has 5 rings (SSSR count). The molecule has 3 N–H and O–H groups in total. The molecule has 1 aliphatic heterocycles. The summed E-state index contributed by atoms with van der Waals surface area (Å²) in [6.07, 6.45) is 1.48. The third-order valence-corrected chi connectivity index (χ3v) is 6.90. The number of ether oxygens (including phenoxy) is 2. The zero-order valence-electron chi connectivity index (χ0n) is 22.4. The van der Waals surface area contributed by atoms with Gasteiger partial charge in [0.2, 0.25) is 0 Å². The first-order valence-corrected chi connectivity index (χ1v) is 12.9. The number of nitrogens with zero attached hydrogens (tertiary/aromatic N) is 2. The maximum Gasteiger partial charge on any atom is 0.261 e. The second-order valence-electron chi connectivity index (χ2n) is 9.28. The molecule has 0 saturated heterocycles. The number of amides is 2. The molecule has 3 aromatic carbocycles. The summed E-state index contributed by atoms with van der Waals surface area (Å²) in [4.78, 5) is 27.1. The van der Waals surface area contributed by atoms with E-state index < -0.39 is 6.04 Å². The Morgan fingerprint density at radius 2 is 1.55 bits per heavy atom. The summed E-state index contributed by atoms with van der Waals surface area (Å²) in [6.45, 7) is 3.76. The monoisotopic (exact) mass is 557 g/mol. The fraction of sp³-hybridized carbons (Fsp3) is 0.167. The number of halogens is 1. The molecule has 1 aromatic heterocycles. The molecule has 0 saturated carbocycles. The van der Waals surface area contributed by atoms with Gasteiger partial charge in [0.15, 0.2) is 11.5 Å². The van der Waals surface area contributed by atoms with Crippen LogP contribution in [0.3, 0.4) is 0 Å². The maximum absolute atomic E-state index is 13.8. The highest BCUT2D eigenvalue weighted by atomic mass is 35.5. The molecule has 0 unspecified atom stereocenters. The lowest BCUT2D eigenvalue weighted by Crippen LogP contribution is -2.32. The van der Waals surface area contributed by atoms with Gasteiger partial charge >= 0.3 is 0 Å². The summed E-state index contributed by atoms with van der Waals surface area (Å²) < 4.78 is 12.9. The number of fused-ring (bicyclic) bond motifs is 1. The van der Waals surface area contributed by atoms with Crippen LogP contribution < -0.4 is 25.4 Å². The van der Waals surface area contributed by atoms with Crippen LogP contribution in [0.1, 0.15) is 34.5 Å². The second kappa shape index (κ2) is 11.2. The fourth-order valence-corrected chi connectivity index (χ4v) is 4.82. The zero-order chi connectivity index (χ0) is 28.4. The first-order valence-electron chi connectivity index (χ1n) is 12.5. The van der Waals surface area contributed by atoms with Crippen molar-refractivity contribution in [2.24, 2.45) is 0 Å². The first-order chi connectivity index (χ1) is 19.3. The SMILES string of the molecule is COc1cccc([C@@H]2C(C(=O)Nc3ccc(Cl)cc3)=C(C)Nc3c(C(=O)Nc4ccc(C)cc4)cnn32)c1OC. The van der Waals surface area contributed by atoms with Gasteiger partial charge in [0, 0.05) is 27.7 Å². The molecule has 2 heterocycles. The van der Waals surface area contributed by atoms with E-state index in [-0.39, 0.29) is 11.8 Å². The Balaban J connectivity index is 1.59. The van der Waals surface area contributed by atoms with E-state index in [2.05, 4.69) is 21.0 Å². The highest BCUT2D eigenvalue weighted by Gasteiger charge is 2.37. The molecule has 0 bridgehead atoms. The van der Waals surface area contributed by atoms with Crippen LogP contribution in [0.4, 0.5) is 17.2 Å². The number of rotatable bonds is 7. The van der Waals surface area contributed by atoms with Crippen LogP contribution in [0.2, 0.25) is 5.02 Å². The zero-order valence-corrected chi connectivity index (χ0v) is 23.2. The van der Waals surface area contributed by atoms with Crippen molar-refractivity contribution in [2.45, 2.75) is 19.9 Å². The van der Waals surface area contributed by atoms with Gasteiger partial charge in [-0.1, -0.05) is 41.4 Å². The van der Waals surface area contributed by atoms with Crippen molar-refractivity contribution in [3.63, 3.8) is 0 Å². The standard InChI is InChI=1S/C30H28ClN5O4/c1-17-8-12-20(13-9-17)34-29(37)23-16-32-36-26(22-6-5-7-24(39-3)27(22)40-4)25(18(2)33-28(23)36)30(38)35-21-14-10-19(31)11-15-21/h5-16,26,33H,1-4H3,(H,34,37)(H,35,38)/t26-/m1/s1. The predicted octanol–water partition coefficient (Wildman–Crippen LogP) is 6.04. The van der Waals surface area contributed by atoms with Crippen molar-refractivity contribution in [3.8, 4) is 11.5 Å². The molecule has 204 valence electrons. The Morgan fingerprint density at radius 1 is 0.900 bits per heavy atom. The number of aryl methyl sites for hydroxylation is 1. The van der Waals surface area contributed by atoms with Gasteiger partial charge in [0.25, 0.3) is 11.8 Å². The van der Waals surface area contributed by atoms with Gasteiger partial charge in [0.05, 0.1) is 26.0 Å². The number of hydrogen-bond donors (Lipinski definition) is 3. The van der Waals surface area contributed by atoms with E-state index in [1.807, 2.05) is 43.3 Å². The number of anilines is 3. The largest absolute Gasteiger partial charge is 0.493 e. The van der Waals surface area contributed by atoms with Gasteiger partial charge in [-0.15, -0.1) is 0 Å². The number of carbonyl (C=O) groups excluding carboxylic acids is 2. The topological polar surface area (TPSA) is 107 Å². The van der Waals surface area contributed by atoms with Gasteiger partial charge in [-0.3, -0.25) is 9.59 Å². The molecular formula is C30H28ClN5O4. The van der Waals surface area contributed by atoms with E-state index in [0.29, 0.717) is 56.1 Å². The molecule has 9 nitrogen and oxygen atoms in total. The van der Waals surface area contributed by atoms with E-state index in [1.54, 1.807) is 49.0 Å². The fourth-order valence-electron chi connectivity index (χ4n) is 4.70. The lowest BCUT2D eigenvalue weighted by molar-refractivity contribution is -0.113. The average Bonchev–Trinajstić information content (AvgIpc) is 3.37. The minimum atomic E-state index is -0.741. The molecule has 2 amide bonds. The van der Waals surface area contributed by atoms with Crippen LogP contribution in [0, 0.1) is 6.92 Å². The van der Waals surface area contributed by atoms with Crippen LogP contribution in [0.5, 0.6) is 11.5 Å². The Kier molecular flexibility index (Phi) is 7.48. The van der Waals surface area contributed by atoms with Crippen molar-refractivity contribution >= 4 is 40.6 Å². The van der Waals surface area contributed by atoms with Crippen molar-refractivity contribution < 1.29 is 19.1 Å². The normalized spacial score (nSPS) is 14.2. The van der Waals surface area contributed by atoms with Crippen molar-refractivity contribution in [3.05, 3.63) is 106 Å². The summed E-state index contributed by atoms with van der Waals surface area (Å²) in [7, 11) is 3.09. The van der Waals surface area contributed by atoms with Crippen LogP contribution >= 0.6 is 11.6 Å². The summed E-state index contributed by atoms with van der Waals surface area (Å²) in [5, 5.41) is 14.2. The number of benzene rings is 3. The van der Waals surface area contributed by atoms with Crippen molar-refractivity contribution in [1.29, 1.82) is 0 Å². The Labute approximate surface area is 236 Å². The highest BCUT2D eigenvalue weighted by Crippen LogP contribution is 2.44. The van der Waals surface area contributed by atoms with E-state index in [4.69, 9.17) is 21.1 Å². The Morgan fingerprint density at radius 3 is 2.20 bits per heavy atom. The van der Waals surface area contributed by atoms with Crippen LogP contribution in [-0.2, 0) is 4.79 Å². The minimum absolute atomic E-state index is 0.323. The van der Waals surface area contributed by atoms with Crippen LogP contribution in [-0.4, -0.2) is 35.8 Å². The molecule has 4 aromatic rings. The van der Waals surface area contributed by atoms with Crippen LogP contribution in [0.15, 0.2) is 84.2 Å².